The monoisotopic (exact) mass is 231 g/mol. The number of aromatic nitrogens is 2. The standard InChI is InChI=1S/C10H15ClFN3/c1-6-8(9(11)15(2)14-6)5-10(12)3-7(13)4-10/h7H,3-5,13H2,1-2H3. The molecule has 1 aliphatic carbocycles. The SMILES string of the molecule is Cc1nn(C)c(Cl)c1CC1(F)CC(N)C1. The number of rotatable bonds is 2. The minimum atomic E-state index is -1.17. The predicted molar refractivity (Wildman–Crippen MR) is 57.7 cm³/mol. The Morgan fingerprint density at radius 2 is 2.27 bits per heavy atom. The average Bonchev–Trinajstić information content (AvgIpc) is 2.30. The van der Waals surface area contributed by atoms with Crippen LogP contribution in [0.25, 0.3) is 0 Å². The smallest absolute Gasteiger partial charge is 0.130 e. The maximum Gasteiger partial charge on any atom is 0.130 e. The van der Waals surface area contributed by atoms with Crippen LogP contribution >= 0.6 is 11.6 Å². The maximum absolute atomic E-state index is 14.0. The lowest BCUT2D eigenvalue weighted by Crippen LogP contribution is -2.49. The molecule has 1 saturated carbocycles. The van der Waals surface area contributed by atoms with Crippen molar-refractivity contribution in [2.75, 3.05) is 0 Å². The van der Waals surface area contributed by atoms with E-state index in [1.54, 1.807) is 11.7 Å². The van der Waals surface area contributed by atoms with Crippen molar-refractivity contribution in [3.05, 3.63) is 16.4 Å². The molecule has 2 rings (SSSR count). The van der Waals surface area contributed by atoms with E-state index >= 15 is 0 Å². The summed E-state index contributed by atoms with van der Waals surface area (Å²) in [5.74, 6) is 0. The minimum absolute atomic E-state index is 0.00533. The Labute approximate surface area is 93.4 Å². The summed E-state index contributed by atoms with van der Waals surface area (Å²) in [4.78, 5) is 0. The molecule has 3 nitrogen and oxygen atoms in total. The van der Waals surface area contributed by atoms with Crippen LogP contribution < -0.4 is 5.73 Å². The molecule has 0 radical (unpaired) electrons. The summed E-state index contributed by atoms with van der Waals surface area (Å²) in [6.07, 6.45) is 1.19. The first-order valence-electron chi connectivity index (χ1n) is 5.04. The van der Waals surface area contributed by atoms with Crippen LogP contribution in [-0.2, 0) is 13.5 Å². The molecule has 5 heteroatoms. The van der Waals surface area contributed by atoms with Gasteiger partial charge in [-0.05, 0) is 19.8 Å². The molecular formula is C10H15ClFN3. The fraction of sp³-hybridized carbons (Fsp3) is 0.700. The van der Waals surface area contributed by atoms with E-state index in [-0.39, 0.29) is 6.04 Å². The van der Waals surface area contributed by atoms with Gasteiger partial charge in [0.25, 0.3) is 0 Å². The molecule has 0 saturated heterocycles. The fourth-order valence-corrected chi connectivity index (χ4v) is 2.46. The first-order chi connectivity index (χ1) is 6.91. The third kappa shape index (κ3) is 1.88. The molecule has 0 spiro atoms. The molecule has 1 fully saturated rings. The molecule has 0 unspecified atom stereocenters. The number of aryl methyl sites for hydroxylation is 2. The van der Waals surface area contributed by atoms with Crippen molar-refractivity contribution in [2.45, 2.75) is 37.9 Å². The van der Waals surface area contributed by atoms with E-state index in [9.17, 15) is 4.39 Å². The van der Waals surface area contributed by atoms with Gasteiger partial charge in [-0.2, -0.15) is 5.10 Å². The molecule has 0 aliphatic heterocycles. The van der Waals surface area contributed by atoms with Crippen molar-refractivity contribution in [1.82, 2.24) is 9.78 Å². The zero-order chi connectivity index (χ0) is 11.2. The van der Waals surface area contributed by atoms with Gasteiger partial charge >= 0.3 is 0 Å². The maximum atomic E-state index is 14.0. The van der Waals surface area contributed by atoms with Gasteiger partial charge in [-0.25, -0.2) is 4.39 Å². The van der Waals surface area contributed by atoms with Crippen LogP contribution in [0.3, 0.4) is 0 Å². The molecule has 1 heterocycles. The number of nitrogens with zero attached hydrogens (tertiary/aromatic N) is 2. The van der Waals surface area contributed by atoms with Gasteiger partial charge in [0.05, 0.1) is 5.69 Å². The lowest BCUT2D eigenvalue weighted by atomic mass is 9.74. The molecule has 0 amide bonds. The summed E-state index contributed by atoms with van der Waals surface area (Å²) in [7, 11) is 1.76. The van der Waals surface area contributed by atoms with Gasteiger partial charge in [-0.1, -0.05) is 11.6 Å². The summed E-state index contributed by atoms with van der Waals surface area (Å²) in [5, 5.41) is 4.69. The van der Waals surface area contributed by atoms with Gasteiger partial charge in [0.1, 0.15) is 10.8 Å². The van der Waals surface area contributed by atoms with Crippen LogP contribution in [0.15, 0.2) is 0 Å². The Bertz CT molecular complexity index is 382. The second kappa shape index (κ2) is 3.46. The molecule has 84 valence electrons. The normalized spacial score (nSPS) is 30.3. The molecule has 2 N–H and O–H groups in total. The van der Waals surface area contributed by atoms with Crippen molar-refractivity contribution in [1.29, 1.82) is 0 Å². The van der Waals surface area contributed by atoms with Crippen molar-refractivity contribution >= 4 is 11.6 Å². The average molecular weight is 232 g/mol. The summed E-state index contributed by atoms with van der Waals surface area (Å²) >= 11 is 6.04. The Morgan fingerprint density at radius 1 is 1.67 bits per heavy atom. The number of alkyl halides is 1. The van der Waals surface area contributed by atoms with E-state index in [1.165, 1.54) is 0 Å². The molecule has 1 aliphatic rings. The van der Waals surface area contributed by atoms with E-state index in [2.05, 4.69) is 5.10 Å². The van der Waals surface area contributed by atoms with E-state index in [0.29, 0.717) is 24.4 Å². The zero-order valence-corrected chi connectivity index (χ0v) is 9.68. The largest absolute Gasteiger partial charge is 0.327 e. The summed E-state index contributed by atoms with van der Waals surface area (Å²) in [6.45, 7) is 1.85. The number of halogens is 2. The van der Waals surface area contributed by atoms with Gasteiger partial charge in [0.2, 0.25) is 0 Å². The van der Waals surface area contributed by atoms with E-state index < -0.39 is 5.67 Å². The molecule has 0 bridgehead atoms. The third-order valence-corrected chi connectivity index (χ3v) is 3.49. The summed E-state index contributed by atoms with van der Waals surface area (Å²) in [5.41, 5.74) is 6.04. The van der Waals surface area contributed by atoms with Gasteiger partial charge < -0.3 is 5.73 Å². The van der Waals surface area contributed by atoms with Crippen molar-refractivity contribution in [2.24, 2.45) is 12.8 Å². The first-order valence-corrected chi connectivity index (χ1v) is 5.41. The second-order valence-electron chi connectivity index (χ2n) is 4.47. The van der Waals surface area contributed by atoms with Crippen LogP contribution in [0, 0.1) is 6.92 Å². The van der Waals surface area contributed by atoms with E-state index in [1.807, 2.05) is 6.92 Å². The minimum Gasteiger partial charge on any atom is -0.327 e. The molecule has 1 aromatic heterocycles. The first kappa shape index (κ1) is 10.9. The van der Waals surface area contributed by atoms with Crippen LogP contribution in [0.2, 0.25) is 5.15 Å². The highest BCUT2D eigenvalue weighted by molar-refractivity contribution is 6.30. The van der Waals surface area contributed by atoms with Gasteiger partial charge in [0.15, 0.2) is 0 Å². The molecule has 15 heavy (non-hydrogen) atoms. The van der Waals surface area contributed by atoms with E-state index in [4.69, 9.17) is 17.3 Å². The Kier molecular flexibility index (Phi) is 2.51. The quantitative estimate of drug-likeness (QED) is 0.843. The highest BCUT2D eigenvalue weighted by Gasteiger charge is 2.43. The number of hydrogen-bond donors (Lipinski definition) is 1. The van der Waals surface area contributed by atoms with Crippen molar-refractivity contribution < 1.29 is 4.39 Å². The summed E-state index contributed by atoms with van der Waals surface area (Å²) in [6, 6.07) is 0.00533. The van der Waals surface area contributed by atoms with Crippen LogP contribution in [0.1, 0.15) is 24.1 Å². The van der Waals surface area contributed by atoms with Crippen molar-refractivity contribution in [3.63, 3.8) is 0 Å². The number of hydrogen-bond acceptors (Lipinski definition) is 2. The van der Waals surface area contributed by atoms with Crippen LogP contribution in [0.4, 0.5) is 4.39 Å². The molecule has 0 aromatic carbocycles. The molecular weight excluding hydrogens is 217 g/mol. The zero-order valence-electron chi connectivity index (χ0n) is 8.93. The number of nitrogens with two attached hydrogens (primary N) is 1. The van der Waals surface area contributed by atoms with Crippen molar-refractivity contribution in [3.8, 4) is 0 Å². The highest BCUT2D eigenvalue weighted by atomic mass is 35.5. The predicted octanol–water partition coefficient (Wildman–Crippen LogP) is 1.75. The third-order valence-electron chi connectivity index (χ3n) is 3.02. The van der Waals surface area contributed by atoms with Gasteiger partial charge in [-0.15, -0.1) is 0 Å². The Hall–Kier alpha value is -0.610. The molecule has 0 atom stereocenters. The topological polar surface area (TPSA) is 43.8 Å². The second-order valence-corrected chi connectivity index (χ2v) is 4.83. The lowest BCUT2D eigenvalue weighted by molar-refractivity contribution is 0.0443. The summed E-state index contributed by atoms with van der Waals surface area (Å²) < 4.78 is 15.6. The van der Waals surface area contributed by atoms with Gasteiger partial charge in [0, 0.05) is 25.1 Å². The molecule has 1 aromatic rings. The lowest BCUT2D eigenvalue weighted by Gasteiger charge is -2.39. The van der Waals surface area contributed by atoms with Crippen LogP contribution in [-0.4, -0.2) is 21.5 Å². The van der Waals surface area contributed by atoms with E-state index in [0.717, 1.165) is 11.3 Å². The highest BCUT2D eigenvalue weighted by Crippen LogP contribution is 2.39. The van der Waals surface area contributed by atoms with Gasteiger partial charge in [-0.3, -0.25) is 4.68 Å². The fourth-order valence-electron chi connectivity index (χ4n) is 2.22. The van der Waals surface area contributed by atoms with Crippen LogP contribution in [0.5, 0.6) is 0 Å². The Balaban J connectivity index is 2.17. The Morgan fingerprint density at radius 3 is 2.67 bits per heavy atom.